The molecular weight excluding hydrogens is 439 g/mol. The Hall–Kier alpha value is -1.88. The third-order valence-corrected chi connectivity index (χ3v) is 5.50. The molecule has 2 rings (SSSR count). The van der Waals surface area contributed by atoms with E-state index in [1.807, 2.05) is 0 Å². The molecule has 0 aliphatic carbocycles. The summed E-state index contributed by atoms with van der Waals surface area (Å²) in [5.74, 6) is -1.22. The molecule has 0 bridgehead atoms. The van der Waals surface area contributed by atoms with Crippen LogP contribution in [0.15, 0.2) is 10.5 Å². The number of nitrogens with zero attached hydrogens (tertiary/aromatic N) is 2. The first-order valence-electron chi connectivity index (χ1n) is 7.28. The van der Waals surface area contributed by atoms with Gasteiger partial charge in [-0.25, -0.2) is 4.79 Å². The third-order valence-electron chi connectivity index (χ3n) is 3.59. The highest BCUT2D eigenvalue weighted by Crippen LogP contribution is 2.36. The fourth-order valence-electron chi connectivity index (χ4n) is 2.25. The number of esters is 1. The number of aryl methyl sites for hydroxylation is 1. The molecule has 142 valence electrons. The summed E-state index contributed by atoms with van der Waals surface area (Å²) < 4.78 is 44.4. The standard InChI is InChI=1S/C15H15BrF3N3O3S/c1-6-5-9(14(24)25-4)13(26-6)20-12(23)8(3)22-7(2)10(16)11(21-22)15(17,18)19/h5,8H,1-4H3,(H,20,23). The molecule has 0 aliphatic heterocycles. The lowest BCUT2D eigenvalue weighted by Gasteiger charge is -2.14. The van der Waals surface area contributed by atoms with Crippen LogP contribution in [-0.2, 0) is 15.7 Å². The minimum Gasteiger partial charge on any atom is -0.465 e. The molecule has 0 aliphatic rings. The predicted octanol–water partition coefficient (Wildman–Crippen LogP) is 4.33. The number of aromatic nitrogens is 2. The zero-order valence-electron chi connectivity index (χ0n) is 14.2. The molecular formula is C15H15BrF3N3O3S. The van der Waals surface area contributed by atoms with Crippen LogP contribution in [0.4, 0.5) is 18.2 Å². The van der Waals surface area contributed by atoms with Gasteiger partial charge in [-0.1, -0.05) is 0 Å². The summed E-state index contributed by atoms with van der Waals surface area (Å²) in [6.07, 6.45) is -4.64. The van der Waals surface area contributed by atoms with Gasteiger partial charge in [0.25, 0.3) is 0 Å². The van der Waals surface area contributed by atoms with Gasteiger partial charge >= 0.3 is 12.1 Å². The summed E-state index contributed by atoms with van der Waals surface area (Å²) in [7, 11) is 1.22. The summed E-state index contributed by atoms with van der Waals surface area (Å²) in [4.78, 5) is 25.0. The highest BCUT2D eigenvalue weighted by molar-refractivity contribution is 9.10. The van der Waals surface area contributed by atoms with Crippen molar-refractivity contribution in [1.82, 2.24) is 9.78 Å². The van der Waals surface area contributed by atoms with E-state index in [9.17, 15) is 22.8 Å². The molecule has 2 aromatic heterocycles. The average Bonchev–Trinajstić information content (AvgIpc) is 3.06. The van der Waals surface area contributed by atoms with E-state index in [1.165, 1.54) is 21.0 Å². The van der Waals surface area contributed by atoms with Gasteiger partial charge in [-0.15, -0.1) is 11.3 Å². The molecule has 0 saturated heterocycles. The normalized spacial score (nSPS) is 12.8. The molecule has 2 aromatic rings. The summed E-state index contributed by atoms with van der Waals surface area (Å²) >= 11 is 4.03. The highest BCUT2D eigenvalue weighted by Gasteiger charge is 2.39. The number of nitrogens with one attached hydrogen (secondary N) is 1. The Bertz CT molecular complexity index is 860. The maximum absolute atomic E-state index is 13.0. The molecule has 2 heterocycles. The highest BCUT2D eigenvalue weighted by atomic mass is 79.9. The third kappa shape index (κ3) is 3.93. The van der Waals surface area contributed by atoms with Crippen molar-refractivity contribution in [2.45, 2.75) is 33.0 Å². The number of hydrogen-bond acceptors (Lipinski definition) is 5. The molecule has 0 aromatic carbocycles. The zero-order valence-corrected chi connectivity index (χ0v) is 16.6. The van der Waals surface area contributed by atoms with E-state index in [1.54, 1.807) is 13.0 Å². The number of carbonyl (C=O) groups is 2. The lowest BCUT2D eigenvalue weighted by molar-refractivity contribution is -0.142. The first-order chi connectivity index (χ1) is 12.0. The van der Waals surface area contributed by atoms with Gasteiger partial charge in [0.2, 0.25) is 5.91 Å². The van der Waals surface area contributed by atoms with E-state index in [4.69, 9.17) is 0 Å². The van der Waals surface area contributed by atoms with Gasteiger partial charge in [0.15, 0.2) is 5.69 Å². The maximum atomic E-state index is 13.0. The van der Waals surface area contributed by atoms with Crippen LogP contribution in [0.5, 0.6) is 0 Å². The number of alkyl halides is 3. The SMILES string of the molecule is COC(=O)c1cc(C)sc1NC(=O)C(C)n1nc(C(F)(F)F)c(Br)c1C. The molecule has 0 fully saturated rings. The largest absolute Gasteiger partial charge is 0.465 e. The van der Waals surface area contributed by atoms with Gasteiger partial charge < -0.3 is 10.1 Å². The number of halogens is 4. The summed E-state index contributed by atoms with van der Waals surface area (Å²) in [6, 6.07) is 0.532. The minimum atomic E-state index is -4.64. The zero-order chi connectivity index (χ0) is 19.8. The van der Waals surface area contributed by atoms with Crippen LogP contribution in [0, 0.1) is 13.8 Å². The molecule has 26 heavy (non-hydrogen) atoms. The smallest absolute Gasteiger partial charge is 0.436 e. The van der Waals surface area contributed by atoms with Crippen LogP contribution in [0.25, 0.3) is 0 Å². The van der Waals surface area contributed by atoms with E-state index in [0.29, 0.717) is 0 Å². The van der Waals surface area contributed by atoms with Crippen molar-refractivity contribution in [3.05, 3.63) is 32.4 Å². The van der Waals surface area contributed by atoms with Crippen molar-refractivity contribution < 1.29 is 27.5 Å². The van der Waals surface area contributed by atoms with E-state index < -0.39 is 29.8 Å². The lowest BCUT2D eigenvalue weighted by atomic mass is 10.2. The molecule has 6 nitrogen and oxygen atoms in total. The van der Waals surface area contributed by atoms with Crippen molar-refractivity contribution >= 4 is 44.1 Å². The Morgan fingerprint density at radius 3 is 2.50 bits per heavy atom. The first-order valence-corrected chi connectivity index (χ1v) is 8.89. The van der Waals surface area contributed by atoms with Gasteiger partial charge in [0.05, 0.1) is 22.8 Å². The van der Waals surface area contributed by atoms with E-state index in [2.05, 4.69) is 31.1 Å². The van der Waals surface area contributed by atoms with Crippen molar-refractivity contribution in [2.24, 2.45) is 0 Å². The van der Waals surface area contributed by atoms with Gasteiger partial charge in [-0.3, -0.25) is 9.48 Å². The number of thiophene rings is 1. The Morgan fingerprint density at radius 1 is 1.38 bits per heavy atom. The van der Waals surface area contributed by atoms with Crippen LogP contribution >= 0.6 is 27.3 Å². The number of hydrogen-bond donors (Lipinski definition) is 1. The average molecular weight is 454 g/mol. The molecule has 1 unspecified atom stereocenters. The van der Waals surface area contributed by atoms with Crippen LogP contribution in [-0.4, -0.2) is 28.8 Å². The Morgan fingerprint density at radius 2 is 2.00 bits per heavy atom. The van der Waals surface area contributed by atoms with Gasteiger partial charge in [-0.2, -0.15) is 18.3 Å². The molecule has 11 heteroatoms. The number of rotatable bonds is 4. The molecule has 0 saturated carbocycles. The number of ether oxygens (including phenoxy) is 1. The number of anilines is 1. The molecule has 1 amide bonds. The van der Waals surface area contributed by atoms with Crippen LogP contribution < -0.4 is 5.32 Å². The monoisotopic (exact) mass is 453 g/mol. The topological polar surface area (TPSA) is 73.2 Å². The second-order valence-corrected chi connectivity index (χ2v) is 7.50. The Kier molecular flexibility index (Phi) is 5.81. The van der Waals surface area contributed by atoms with E-state index in [0.717, 1.165) is 20.9 Å². The van der Waals surface area contributed by atoms with Crippen LogP contribution in [0.3, 0.4) is 0 Å². The molecule has 1 N–H and O–H groups in total. The second-order valence-electron chi connectivity index (χ2n) is 5.45. The van der Waals surface area contributed by atoms with Crippen LogP contribution in [0.1, 0.15) is 39.6 Å². The van der Waals surface area contributed by atoms with Gasteiger partial charge in [0.1, 0.15) is 11.0 Å². The number of amides is 1. The first kappa shape index (κ1) is 20.4. The van der Waals surface area contributed by atoms with Crippen molar-refractivity contribution in [2.75, 3.05) is 12.4 Å². The lowest BCUT2D eigenvalue weighted by Crippen LogP contribution is -2.26. The van der Waals surface area contributed by atoms with Crippen molar-refractivity contribution in [1.29, 1.82) is 0 Å². The predicted molar refractivity (Wildman–Crippen MR) is 93.4 cm³/mol. The fraction of sp³-hybridized carbons (Fsp3) is 0.400. The Labute approximate surface area is 159 Å². The van der Waals surface area contributed by atoms with E-state index >= 15 is 0 Å². The minimum absolute atomic E-state index is 0.163. The number of methoxy groups -OCH3 is 1. The second kappa shape index (κ2) is 7.39. The Balaban J connectivity index is 2.31. The fourth-order valence-corrected chi connectivity index (χ4v) is 3.64. The van der Waals surface area contributed by atoms with Gasteiger partial charge in [-0.05, 0) is 42.8 Å². The van der Waals surface area contributed by atoms with Crippen molar-refractivity contribution in [3.63, 3.8) is 0 Å². The summed E-state index contributed by atoms with van der Waals surface area (Å²) in [5.41, 5.74) is -0.753. The van der Waals surface area contributed by atoms with Crippen LogP contribution in [0.2, 0.25) is 0 Å². The molecule has 1 atom stereocenters. The summed E-state index contributed by atoms with van der Waals surface area (Å²) in [6.45, 7) is 4.59. The summed E-state index contributed by atoms with van der Waals surface area (Å²) in [5, 5.41) is 6.35. The van der Waals surface area contributed by atoms with E-state index in [-0.39, 0.29) is 20.7 Å². The maximum Gasteiger partial charge on any atom is 0.436 e. The number of carbonyl (C=O) groups excluding carboxylic acids is 2. The van der Waals surface area contributed by atoms with Crippen molar-refractivity contribution in [3.8, 4) is 0 Å². The van der Waals surface area contributed by atoms with Gasteiger partial charge in [0, 0.05) is 4.88 Å². The molecule has 0 radical (unpaired) electrons. The quantitative estimate of drug-likeness (QED) is 0.699. The molecule has 0 spiro atoms.